The van der Waals surface area contributed by atoms with Crippen LogP contribution in [0.4, 0.5) is 8.78 Å². The molecule has 4 rings (SSSR count). The van der Waals surface area contributed by atoms with E-state index in [0.717, 1.165) is 42.8 Å². The van der Waals surface area contributed by atoms with Crippen LogP contribution in [0, 0.1) is 11.6 Å². The SMILES string of the molecule is COc1cccc(C2CCCN2CCOC(c2ccc(F)cc2)c2ccc(F)cc2)c1. The van der Waals surface area contributed by atoms with Gasteiger partial charge in [0.05, 0.1) is 13.7 Å². The van der Waals surface area contributed by atoms with E-state index in [0.29, 0.717) is 12.6 Å². The van der Waals surface area contributed by atoms with Crippen LogP contribution in [0.2, 0.25) is 0 Å². The van der Waals surface area contributed by atoms with Crippen molar-refractivity contribution >= 4 is 0 Å². The zero-order valence-corrected chi connectivity index (χ0v) is 17.6. The highest BCUT2D eigenvalue weighted by atomic mass is 19.1. The van der Waals surface area contributed by atoms with Crippen molar-refractivity contribution in [3.8, 4) is 5.75 Å². The van der Waals surface area contributed by atoms with Gasteiger partial charge in [0.1, 0.15) is 23.5 Å². The molecule has 1 aliphatic heterocycles. The van der Waals surface area contributed by atoms with Gasteiger partial charge in [0.15, 0.2) is 0 Å². The number of nitrogens with zero attached hydrogens (tertiary/aromatic N) is 1. The molecule has 1 fully saturated rings. The lowest BCUT2D eigenvalue weighted by atomic mass is 10.0. The third-order valence-electron chi connectivity index (χ3n) is 5.85. The van der Waals surface area contributed by atoms with Crippen molar-refractivity contribution < 1.29 is 18.3 Å². The van der Waals surface area contributed by atoms with Crippen molar-refractivity contribution in [2.75, 3.05) is 26.8 Å². The van der Waals surface area contributed by atoms with Gasteiger partial charge in [-0.05, 0) is 72.5 Å². The zero-order chi connectivity index (χ0) is 21.6. The second-order valence-electron chi connectivity index (χ2n) is 7.82. The highest BCUT2D eigenvalue weighted by molar-refractivity contribution is 5.32. The Morgan fingerprint density at radius 3 is 2.19 bits per heavy atom. The smallest absolute Gasteiger partial charge is 0.123 e. The lowest BCUT2D eigenvalue weighted by Crippen LogP contribution is -2.28. The number of halogens is 2. The number of ether oxygens (including phenoxy) is 2. The number of benzene rings is 3. The molecular weight excluding hydrogens is 396 g/mol. The predicted molar refractivity (Wildman–Crippen MR) is 117 cm³/mol. The molecule has 1 heterocycles. The van der Waals surface area contributed by atoms with Gasteiger partial charge in [0.2, 0.25) is 0 Å². The molecule has 0 aromatic heterocycles. The second-order valence-corrected chi connectivity index (χ2v) is 7.82. The molecule has 1 atom stereocenters. The molecule has 0 spiro atoms. The van der Waals surface area contributed by atoms with Crippen LogP contribution < -0.4 is 4.74 Å². The number of rotatable bonds is 8. The van der Waals surface area contributed by atoms with Gasteiger partial charge in [0, 0.05) is 12.6 Å². The first kappa shape index (κ1) is 21.5. The molecule has 0 bridgehead atoms. The van der Waals surface area contributed by atoms with Crippen LogP contribution in [0.25, 0.3) is 0 Å². The molecule has 162 valence electrons. The predicted octanol–water partition coefficient (Wildman–Crippen LogP) is 5.92. The highest BCUT2D eigenvalue weighted by Gasteiger charge is 2.26. The Kier molecular flexibility index (Phi) is 6.95. The number of methoxy groups -OCH3 is 1. The summed E-state index contributed by atoms with van der Waals surface area (Å²) in [5, 5.41) is 0. The van der Waals surface area contributed by atoms with E-state index in [9.17, 15) is 8.78 Å². The van der Waals surface area contributed by atoms with Crippen LogP contribution in [0.3, 0.4) is 0 Å². The van der Waals surface area contributed by atoms with Crippen molar-refractivity contribution in [2.24, 2.45) is 0 Å². The maximum atomic E-state index is 13.4. The maximum Gasteiger partial charge on any atom is 0.123 e. The number of hydrogen-bond donors (Lipinski definition) is 0. The average molecular weight is 424 g/mol. The molecule has 0 amide bonds. The Hall–Kier alpha value is -2.76. The highest BCUT2D eigenvalue weighted by Crippen LogP contribution is 2.33. The summed E-state index contributed by atoms with van der Waals surface area (Å²) >= 11 is 0. The van der Waals surface area contributed by atoms with Gasteiger partial charge in [-0.3, -0.25) is 4.90 Å². The minimum atomic E-state index is -0.376. The fourth-order valence-electron chi connectivity index (χ4n) is 4.27. The first-order valence-electron chi connectivity index (χ1n) is 10.6. The van der Waals surface area contributed by atoms with E-state index in [1.807, 2.05) is 12.1 Å². The van der Waals surface area contributed by atoms with Crippen LogP contribution in [0.1, 0.15) is 41.7 Å². The summed E-state index contributed by atoms with van der Waals surface area (Å²) in [7, 11) is 1.68. The molecule has 1 unspecified atom stereocenters. The van der Waals surface area contributed by atoms with Crippen molar-refractivity contribution in [1.29, 1.82) is 0 Å². The molecule has 3 aromatic carbocycles. The van der Waals surface area contributed by atoms with Gasteiger partial charge in [0.25, 0.3) is 0 Å². The van der Waals surface area contributed by atoms with E-state index < -0.39 is 0 Å². The molecule has 0 radical (unpaired) electrons. The standard InChI is InChI=1S/C26H27F2NO2/c1-30-24-5-2-4-21(18-24)25-6-3-15-29(25)16-17-31-26(19-7-11-22(27)12-8-19)20-9-13-23(28)14-10-20/h2,4-5,7-14,18,25-26H,3,6,15-17H2,1H3. The molecule has 1 saturated heterocycles. The summed E-state index contributed by atoms with van der Waals surface area (Å²) in [6.07, 6.45) is 1.87. The van der Waals surface area contributed by atoms with Crippen molar-refractivity contribution in [3.05, 3.63) is 101 Å². The maximum absolute atomic E-state index is 13.4. The van der Waals surface area contributed by atoms with Crippen LogP contribution in [-0.4, -0.2) is 31.7 Å². The molecule has 0 aliphatic carbocycles. The molecule has 0 N–H and O–H groups in total. The van der Waals surface area contributed by atoms with E-state index >= 15 is 0 Å². The first-order valence-corrected chi connectivity index (χ1v) is 10.6. The lowest BCUT2D eigenvalue weighted by Gasteiger charge is -2.26. The molecule has 1 aliphatic rings. The summed E-state index contributed by atoms with van der Waals surface area (Å²) in [5.41, 5.74) is 2.95. The summed E-state index contributed by atoms with van der Waals surface area (Å²) < 4.78 is 38.5. The van der Waals surface area contributed by atoms with Crippen molar-refractivity contribution in [2.45, 2.75) is 25.0 Å². The third-order valence-corrected chi connectivity index (χ3v) is 5.85. The number of hydrogen-bond acceptors (Lipinski definition) is 3. The fourth-order valence-corrected chi connectivity index (χ4v) is 4.27. The second kappa shape index (κ2) is 10.0. The van der Waals surface area contributed by atoms with Gasteiger partial charge >= 0.3 is 0 Å². The third kappa shape index (κ3) is 5.30. The van der Waals surface area contributed by atoms with Crippen LogP contribution in [0.5, 0.6) is 5.75 Å². The Morgan fingerprint density at radius 1 is 0.935 bits per heavy atom. The minimum Gasteiger partial charge on any atom is -0.497 e. The molecular formula is C26H27F2NO2. The van der Waals surface area contributed by atoms with E-state index in [2.05, 4.69) is 17.0 Å². The average Bonchev–Trinajstić information content (AvgIpc) is 3.27. The molecule has 31 heavy (non-hydrogen) atoms. The van der Waals surface area contributed by atoms with Crippen LogP contribution in [-0.2, 0) is 4.74 Å². The normalized spacial score (nSPS) is 16.7. The van der Waals surface area contributed by atoms with Gasteiger partial charge < -0.3 is 9.47 Å². The molecule has 5 heteroatoms. The Morgan fingerprint density at radius 2 is 1.58 bits per heavy atom. The van der Waals surface area contributed by atoms with E-state index in [4.69, 9.17) is 9.47 Å². The van der Waals surface area contributed by atoms with Crippen LogP contribution >= 0.6 is 0 Å². The van der Waals surface area contributed by atoms with E-state index in [-0.39, 0.29) is 17.7 Å². The van der Waals surface area contributed by atoms with Gasteiger partial charge in [-0.25, -0.2) is 8.78 Å². The lowest BCUT2D eigenvalue weighted by molar-refractivity contribution is 0.0570. The number of likely N-dealkylation sites (tertiary alicyclic amines) is 1. The fraction of sp³-hybridized carbons (Fsp3) is 0.308. The Labute approximate surface area is 182 Å². The van der Waals surface area contributed by atoms with Gasteiger partial charge in [-0.1, -0.05) is 36.4 Å². The quantitative estimate of drug-likeness (QED) is 0.449. The molecule has 3 aromatic rings. The van der Waals surface area contributed by atoms with E-state index in [1.165, 1.54) is 29.8 Å². The summed E-state index contributed by atoms with van der Waals surface area (Å²) in [6.45, 7) is 2.31. The summed E-state index contributed by atoms with van der Waals surface area (Å²) in [5.74, 6) is 0.285. The zero-order valence-electron chi connectivity index (χ0n) is 17.6. The Balaban J connectivity index is 1.45. The summed E-state index contributed by atoms with van der Waals surface area (Å²) in [6, 6.07) is 21.2. The van der Waals surface area contributed by atoms with Crippen LogP contribution in [0.15, 0.2) is 72.8 Å². The topological polar surface area (TPSA) is 21.7 Å². The Bertz CT molecular complexity index is 930. The van der Waals surface area contributed by atoms with Crippen molar-refractivity contribution in [1.82, 2.24) is 4.90 Å². The van der Waals surface area contributed by atoms with Gasteiger partial charge in [-0.2, -0.15) is 0 Å². The van der Waals surface area contributed by atoms with Gasteiger partial charge in [-0.15, -0.1) is 0 Å². The largest absolute Gasteiger partial charge is 0.497 e. The minimum absolute atomic E-state index is 0.292. The van der Waals surface area contributed by atoms with Crippen molar-refractivity contribution in [3.63, 3.8) is 0 Å². The monoisotopic (exact) mass is 423 g/mol. The molecule has 3 nitrogen and oxygen atoms in total. The summed E-state index contributed by atoms with van der Waals surface area (Å²) in [4.78, 5) is 2.43. The van der Waals surface area contributed by atoms with E-state index in [1.54, 1.807) is 31.4 Å². The first-order chi connectivity index (χ1) is 15.1. The molecule has 0 saturated carbocycles.